The highest BCUT2D eigenvalue weighted by Crippen LogP contribution is 2.37. The minimum atomic E-state index is -0.361. The molecule has 2 heterocycles. The molecule has 0 spiro atoms. The van der Waals surface area contributed by atoms with E-state index in [1.807, 2.05) is 24.6 Å². The number of ether oxygens (including phenoxy) is 2. The molecule has 30 heavy (non-hydrogen) atoms. The zero-order valence-electron chi connectivity index (χ0n) is 18.9. The van der Waals surface area contributed by atoms with E-state index in [9.17, 15) is 9.59 Å². The molecule has 8 heteroatoms. The molecule has 2 N–H and O–H groups in total. The molecule has 0 aromatic carbocycles. The SMILES string of the molecule is CC(C)NC(=O)O[C@@H]1CC[C@H](c2cc(NC(=O)C3CCOCC3)n(C(C)(C)C)n2)C1. The van der Waals surface area contributed by atoms with Gasteiger partial charge in [0, 0.05) is 37.2 Å². The predicted molar refractivity (Wildman–Crippen MR) is 115 cm³/mol. The highest BCUT2D eigenvalue weighted by atomic mass is 16.6. The predicted octanol–water partition coefficient (Wildman–Crippen LogP) is 3.77. The van der Waals surface area contributed by atoms with E-state index in [1.54, 1.807) is 0 Å². The number of rotatable bonds is 5. The van der Waals surface area contributed by atoms with Crippen LogP contribution in [0, 0.1) is 5.92 Å². The normalized spacial score (nSPS) is 22.9. The molecule has 1 aromatic rings. The van der Waals surface area contributed by atoms with Crippen LogP contribution in [-0.4, -0.2) is 47.1 Å². The molecule has 8 nitrogen and oxygen atoms in total. The molecule has 0 unspecified atom stereocenters. The maximum Gasteiger partial charge on any atom is 0.407 e. The fourth-order valence-corrected chi connectivity index (χ4v) is 4.12. The Labute approximate surface area is 179 Å². The molecule has 2 atom stereocenters. The van der Waals surface area contributed by atoms with Crippen LogP contribution in [0.2, 0.25) is 0 Å². The monoisotopic (exact) mass is 420 g/mol. The first-order valence-corrected chi connectivity index (χ1v) is 11.1. The van der Waals surface area contributed by atoms with Gasteiger partial charge in [0.2, 0.25) is 5.91 Å². The molecule has 2 aliphatic rings. The molecule has 0 radical (unpaired) electrons. The third-order valence-electron chi connectivity index (χ3n) is 5.69. The van der Waals surface area contributed by atoms with Crippen LogP contribution in [-0.2, 0) is 19.8 Å². The van der Waals surface area contributed by atoms with Gasteiger partial charge < -0.3 is 20.1 Å². The van der Waals surface area contributed by atoms with Gasteiger partial charge in [0.25, 0.3) is 0 Å². The average Bonchev–Trinajstić information content (AvgIpc) is 3.28. The Morgan fingerprint density at radius 1 is 1.20 bits per heavy atom. The van der Waals surface area contributed by atoms with Crippen LogP contribution in [0.1, 0.15) is 78.3 Å². The standard InChI is InChI=1S/C22H36N4O4/c1-14(2)23-21(28)30-17-7-6-16(12-17)18-13-19(26(25-18)22(3,4)5)24-20(27)15-8-10-29-11-9-15/h13-17H,6-12H2,1-5H3,(H,23,28)(H,24,27)/t16-,17+/m0/s1. The zero-order chi connectivity index (χ0) is 21.9. The lowest BCUT2D eigenvalue weighted by molar-refractivity contribution is -0.122. The van der Waals surface area contributed by atoms with Gasteiger partial charge in [-0.15, -0.1) is 0 Å². The van der Waals surface area contributed by atoms with Crippen molar-refractivity contribution in [2.45, 2.75) is 90.3 Å². The van der Waals surface area contributed by atoms with Gasteiger partial charge in [-0.25, -0.2) is 9.48 Å². The number of amides is 2. The Morgan fingerprint density at radius 3 is 2.53 bits per heavy atom. The second-order valence-electron chi connectivity index (χ2n) is 9.75. The minimum absolute atomic E-state index is 0.0192. The van der Waals surface area contributed by atoms with Gasteiger partial charge in [-0.1, -0.05) is 0 Å². The van der Waals surface area contributed by atoms with E-state index < -0.39 is 0 Å². The largest absolute Gasteiger partial charge is 0.446 e. The summed E-state index contributed by atoms with van der Waals surface area (Å²) in [6.45, 7) is 11.3. The first-order chi connectivity index (χ1) is 14.1. The number of hydrogen-bond acceptors (Lipinski definition) is 5. The fraction of sp³-hybridized carbons (Fsp3) is 0.773. The lowest BCUT2D eigenvalue weighted by Crippen LogP contribution is -2.33. The summed E-state index contributed by atoms with van der Waals surface area (Å²) in [6, 6.07) is 2.04. The van der Waals surface area contributed by atoms with Crippen LogP contribution in [0.25, 0.3) is 0 Å². The molecule has 168 valence electrons. The second kappa shape index (κ2) is 9.37. The topological polar surface area (TPSA) is 94.5 Å². The quantitative estimate of drug-likeness (QED) is 0.756. The molecule has 1 aromatic heterocycles. The molecule has 2 amide bonds. The minimum Gasteiger partial charge on any atom is -0.446 e. The lowest BCUT2D eigenvalue weighted by Gasteiger charge is -2.25. The summed E-state index contributed by atoms with van der Waals surface area (Å²) in [5.74, 6) is 0.961. The van der Waals surface area contributed by atoms with Crippen molar-refractivity contribution in [1.29, 1.82) is 0 Å². The molecular weight excluding hydrogens is 384 g/mol. The van der Waals surface area contributed by atoms with Crippen LogP contribution >= 0.6 is 0 Å². The smallest absolute Gasteiger partial charge is 0.407 e. The van der Waals surface area contributed by atoms with Crippen LogP contribution in [0.4, 0.5) is 10.6 Å². The number of nitrogens with one attached hydrogen (secondary N) is 2. The Morgan fingerprint density at radius 2 is 1.90 bits per heavy atom. The van der Waals surface area contributed by atoms with Crippen LogP contribution in [0.5, 0.6) is 0 Å². The summed E-state index contributed by atoms with van der Waals surface area (Å²) >= 11 is 0. The Balaban J connectivity index is 1.68. The summed E-state index contributed by atoms with van der Waals surface area (Å²) in [7, 11) is 0. The molecule has 1 saturated heterocycles. The average molecular weight is 421 g/mol. The number of carbonyl (C=O) groups is 2. The van der Waals surface area contributed by atoms with Crippen molar-refractivity contribution in [1.82, 2.24) is 15.1 Å². The maximum absolute atomic E-state index is 12.8. The number of anilines is 1. The maximum atomic E-state index is 12.8. The fourth-order valence-electron chi connectivity index (χ4n) is 4.12. The first-order valence-electron chi connectivity index (χ1n) is 11.1. The summed E-state index contributed by atoms with van der Waals surface area (Å²) in [5.41, 5.74) is 0.685. The van der Waals surface area contributed by atoms with Crippen molar-refractivity contribution in [3.05, 3.63) is 11.8 Å². The Hall–Kier alpha value is -2.09. The van der Waals surface area contributed by atoms with E-state index in [0.717, 1.165) is 43.6 Å². The van der Waals surface area contributed by atoms with Crippen LogP contribution in [0.3, 0.4) is 0 Å². The van der Waals surface area contributed by atoms with E-state index in [4.69, 9.17) is 14.6 Å². The number of aromatic nitrogens is 2. The third-order valence-corrected chi connectivity index (χ3v) is 5.69. The first kappa shape index (κ1) is 22.6. The summed E-state index contributed by atoms with van der Waals surface area (Å²) in [4.78, 5) is 24.7. The second-order valence-corrected chi connectivity index (χ2v) is 9.75. The van der Waals surface area contributed by atoms with Gasteiger partial charge in [-0.3, -0.25) is 4.79 Å². The van der Waals surface area contributed by atoms with Gasteiger partial charge >= 0.3 is 6.09 Å². The van der Waals surface area contributed by atoms with Crippen LogP contribution in [0.15, 0.2) is 6.07 Å². The van der Waals surface area contributed by atoms with Crippen molar-refractivity contribution >= 4 is 17.8 Å². The van der Waals surface area contributed by atoms with E-state index in [0.29, 0.717) is 13.2 Å². The Kier molecular flexibility index (Phi) is 7.06. The summed E-state index contributed by atoms with van der Waals surface area (Å²) < 4.78 is 12.8. The van der Waals surface area contributed by atoms with Gasteiger partial charge in [-0.05, 0) is 66.7 Å². The molecule has 1 aliphatic heterocycles. The van der Waals surface area contributed by atoms with Crippen molar-refractivity contribution in [2.75, 3.05) is 18.5 Å². The van der Waals surface area contributed by atoms with E-state index >= 15 is 0 Å². The van der Waals surface area contributed by atoms with E-state index in [1.165, 1.54) is 0 Å². The molecular formula is C22H36N4O4. The summed E-state index contributed by atoms with van der Waals surface area (Å²) in [6.07, 6.45) is 3.52. The van der Waals surface area contributed by atoms with Gasteiger partial charge in [-0.2, -0.15) is 5.10 Å². The van der Waals surface area contributed by atoms with Gasteiger partial charge in [0.15, 0.2) is 0 Å². The van der Waals surface area contributed by atoms with E-state index in [2.05, 4.69) is 31.4 Å². The molecule has 1 aliphatic carbocycles. The highest BCUT2D eigenvalue weighted by Gasteiger charge is 2.33. The lowest BCUT2D eigenvalue weighted by atomic mass is 9.99. The molecule has 0 bridgehead atoms. The molecule has 3 rings (SSSR count). The van der Waals surface area contributed by atoms with Crippen molar-refractivity contribution in [3.63, 3.8) is 0 Å². The number of nitrogens with zero attached hydrogens (tertiary/aromatic N) is 2. The molecule has 2 fully saturated rings. The molecule has 1 saturated carbocycles. The van der Waals surface area contributed by atoms with Crippen molar-refractivity contribution in [3.8, 4) is 0 Å². The van der Waals surface area contributed by atoms with Crippen LogP contribution < -0.4 is 10.6 Å². The third kappa shape index (κ3) is 5.74. The summed E-state index contributed by atoms with van der Waals surface area (Å²) in [5, 5.41) is 10.7. The number of alkyl carbamates (subject to hydrolysis) is 1. The highest BCUT2D eigenvalue weighted by molar-refractivity contribution is 5.92. The zero-order valence-corrected chi connectivity index (χ0v) is 18.9. The van der Waals surface area contributed by atoms with Gasteiger partial charge in [0.1, 0.15) is 11.9 Å². The Bertz CT molecular complexity index is 747. The van der Waals surface area contributed by atoms with Crippen molar-refractivity contribution < 1.29 is 19.1 Å². The van der Waals surface area contributed by atoms with E-state index in [-0.39, 0.29) is 41.5 Å². The number of carbonyl (C=O) groups excluding carboxylic acids is 2. The van der Waals surface area contributed by atoms with Gasteiger partial charge in [0.05, 0.1) is 11.2 Å². The van der Waals surface area contributed by atoms with Crippen molar-refractivity contribution in [2.24, 2.45) is 5.92 Å². The number of hydrogen-bond donors (Lipinski definition) is 2.